The Bertz CT molecular complexity index is 734. The standard InChI is InChI=1S/C15H16N4O3/c16-15-18-12-11(13(20)19-15)10(7-17-12)6-3-8-1-4-9(5-2-8)14(21)22/h1-2,4-5,7,13,17,20H,3,6H2,(H,21,22)(H3,16,18,19). The molecule has 2 aromatic rings. The Morgan fingerprint density at radius 2 is 2.00 bits per heavy atom. The van der Waals surface area contributed by atoms with Gasteiger partial charge in [-0.1, -0.05) is 12.1 Å². The third-order valence-electron chi connectivity index (χ3n) is 3.66. The van der Waals surface area contributed by atoms with Gasteiger partial charge in [-0.25, -0.2) is 9.79 Å². The summed E-state index contributed by atoms with van der Waals surface area (Å²) >= 11 is 0. The summed E-state index contributed by atoms with van der Waals surface area (Å²) < 4.78 is 0. The average molecular weight is 300 g/mol. The van der Waals surface area contributed by atoms with E-state index in [2.05, 4.69) is 15.3 Å². The number of hydrogen-bond acceptors (Lipinski definition) is 5. The van der Waals surface area contributed by atoms with Crippen LogP contribution < -0.4 is 11.1 Å². The van der Waals surface area contributed by atoms with Gasteiger partial charge in [0.1, 0.15) is 5.82 Å². The molecule has 1 atom stereocenters. The van der Waals surface area contributed by atoms with E-state index in [1.54, 1.807) is 24.3 Å². The predicted molar refractivity (Wildman–Crippen MR) is 81.8 cm³/mol. The van der Waals surface area contributed by atoms with Crippen LogP contribution in [0.4, 0.5) is 5.82 Å². The first-order valence-electron chi connectivity index (χ1n) is 6.85. The average Bonchev–Trinajstić information content (AvgIpc) is 2.88. The van der Waals surface area contributed by atoms with Gasteiger partial charge < -0.3 is 26.2 Å². The Morgan fingerprint density at radius 3 is 2.68 bits per heavy atom. The number of aryl methyl sites for hydroxylation is 2. The molecular weight excluding hydrogens is 284 g/mol. The summed E-state index contributed by atoms with van der Waals surface area (Å²) in [6, 6.07) is 6.78. The zero-order chi connectivity index (χ0) is 15.7. The first kappa shape index (κ1) is 14.2. The number of nitrogens with two attached hydrogens (primary N) is 1. The SMILES string of the molecule is NC1=NC(O)c2c(CCc3ccc(C(=O)O)cc3)c[nH]c2N1. The lowest BCUT2D eigenvalue weighted by molar-refractivity contribution is 0.0697. The number of anilines is 1. The van der Waals surface area contributed by atoms with Crippen molar-refractivity contribution in [2.45, 2.75) is 19.1 Å². The molecular formula is C15H16N4O3. The number of hydrogen-bond donors (Lipinski definition) is 5. The largest absolute Gasteiger partial charge is 0.478 e. The number of fused-ring (bicyclic) bond motifs is 1. The van der Waals surface area contributed by atoms with Crippen molar-refractivity contribution in [2.75, 3.05) is 5.32 Å². The van der Waals surface area contributed by atoms with Crippen LogP contribution in [0.2, 0.25) is 0 Å². The van der Waals surface area contributed by atoms with Crippen molar-refractivity contribution < 1.29 is 15.0 Å². The molecule has 0 aliphatic carbocycles. The number of aromatic amines is 1. The third-order valence-corrected chi connectivity index (χ3v) is 3.66. The molecule has 1 aliphatic heterocycles. The monoisotopic (exact) mass is 300 g/mol. The van der Waals surface area contributed by atoms with Crippen LogP contribution >= 0.6 is 0 Å². The maximum absolute atomic E-state index is 10.8. The molecule has 0 amide bonds. The number of carbonyl (C=O) groups is 1. The summed E-state index contributed by atoms with van der Waals surface area (Å²) in [5, 5.41) is 21.8. The topological polar surface area (TPSA) is 124 Å². The number of aromatic carboxylic acids is 1. The molecule has 1 aromatic heterocycles. The van der Waals surface area contributed by atoms with Gasteiger partial charge in [0.25, 0.3) is 0 Å². The maximum Gasteiger partial charge on any atom is 0.335 e. The number of rotatable bonds is 4. The molecule has 2 heterocycles. The molecule has 0 fully saturated rings. The lowest BCUT2D eigenvalue weighted by Crippen LogP contribution is -2.28. The van der Waals surface area contributed by atoms with Gasteiger partial charge in [-0.05, 0) is 36.1 Å². The minimum atomic E-state index is -0.966. The number of nitrogens with one attached hydrogen (secondary N) is 2. The number of carboxylic acid groups (broad SMARTS) is 1. The normalized spacial score (nSPS) is 16.6. The fourth-order valence-corrected chi connectivity index (χ4v) is 2.53. The van der Waals surface area contributed by atoms with Crippen LogP contribution in [-0.2, 0) is 12.8 Å². The number of nitrogens with zero attached hydrogens (tertiary/aromatic N) is 1. The van der Waals surface area contributed by atoms with E-state index >= 15 is 0 Å². The lowest BCUT2D eigenvalue weighted by atomic mass is 10.0. The van der Waals surface area contributed by atoms with Crippen LogP contribution in [0.3, 0.4) is 0 Å². The number of aliphatic imine (C=N–C) groups is 1. The minimum Gasteiger partial charge on any atom is -0.478 e. The Morgan fingerprint density at radius 1 is 1.27 bits per heavy atom. The van der Waals surface area contributed by atoms with Crippen molar-refractivity contribution in [3.8, 4) is 0 Å². The molecule has 7 heteroatoms. The number of carboxylic acids is 1. The molecule has 0 spiro atoms. The molecule has 0 bridgehead atoms. The van der Waals surface area contributed by atoms with Gasteiger partial charge in [0.05, 0.1) is 5.56 Å². The summed E-state index contributed by atoms with van der Waals surface area (Å²) in [5.41, 5.74) is 8.52. The van der Waals surface area contributed by atoms with Crippen LogP contribution in [0.15, 0.2) is 35.5 Å². The van der Waals surface area contributed by atoms with Crippen molar-refractivity contribution >= 4 is 17.7 Å². The molecule has 7 nitrogen and oxygen atoms in total. The Labute approximate surface area is 126 Å². The van der Waals surface area contributed by atoms with Crippen molar-refractivity contribution in [3.05, 3.63) is 52.7 Å². The van der Waals surface area contributed by atoms with Crippen molar-refractivity contribution in [1.29, 1.82) is 0 Å². The second-order valence-corrected chi connectivity index (χ2v) is 5.12. The number of guanidine groups is 1. The predicted octanol–water partition coefficient (Wildman–Crippen LogP) is 1.23. The zero-order valence-corrected chi connectivity index (χ0v) is 11.7. The minimum absolute atomic E-state index is 0.178. The van der Waals surface area contributed by atoms with Crippen LogP contribution in [0.25, 0.3) is 0 Å². The molecule has 22 heavy (non-hydrogen) atoms. The smallest absolute Gasteiger partial charge is 0.335 e. The van der Waals surface area contributed by atoms with Crippen LogP contribution in [-0.4, -0.2) is 27.1 Å². The van der Waals surface area contributed by atoms with Crippen LogP contribution in [0.5, 0.6) is 0 Å². The van der Waals surface area contributed by atoms with E-state index in [1.165, 1.54) is 0 Å². The van der Waals surface area contributed by atoms with E-state index in [-0.39, 0.29) is 11.5 Å². The van der Waals surface area contributed by atoms with Crippen molar-refractivity contribution in [3.63, 3.8) is 0 Å². The molecule has 1 aliphatic rings. The Kier molecular flexibility index (Phi) is 3.56. The van der Waals surface area contributed by atoms with Gasteiger partial charge in [-0.15, -0.1) is 0 Å². The molecule has 3 rings (SSSR count). The van der Waals surface area contributed by atoms with Gasteiger partial charge in [0.2, 0.25) is 0 Å². The van der Waals surface area contributed by atoms with Crippen LogP contribution in [0.1, 0.15) is 33.3 Å². The van der Waals surface area contributed by atoms with Crippen LogP contribution in [0, 0.1) is 0 Å². The van der Waals surface area contributed by atoms with Gasteiger partial charge in [-0.3, -0.25) is 0 Å². The molecule has 1 unspecified atom stereocenters. The van der Waals surface area contributed by atoms with Gasteiger partial charge in [-0.2, -0.15) is 0 Å². The summed E-state index contributed by atoms with van der Waals surface area (Å²) in [7, 11) is 0. The van der Waals surface area contributed by atoms with Crippen molar-refractivity contribution in [1.82, 2.24) is 4.98 Å². The fraction of sp³-hybridized carbons (Fsp3) is 0.200. The Hall–Kier alpha value is -2.80. The molecule has 0 saturated carbocycles. The summed E-state index contributed by atoms with van der Waals surface area (Å²) in [5.74, 6) is -0.0928. The zero-order valence-electron chi connectivity index (χ0n) is 11.7. The highest BCUT2D eigenvalue weighted by atomic mass is 16.4. The summed E-state index contributed by atoms with van der Waals surface area (Å²) in [6.45, 7) is 0. The maximum atomic E-state index is 10.8. The van der Waals surface area contributed by atoms with E-state index in [0.717, 1.165) is 17.5 Å². The quantitative estimate of drug-likeness (QED) is 0.581. The second kappa shape index (κ2) is 5.53. The van der Waals surface area contributed by atoms with Gasteiger partial charge >= 0.3 is 5.97 Å². The van der Waals surface area contributed by atoms with Gasteiger partial charge in [0, 0.05) is 11.8 Å². The number of aliphatic hydroxyl groups is 1. The Balaban J connectivity index is 1.72. The van der Waals surface area contributed by atoms with E-state index in [4.69, 9.17) is 10.8 Å². The van der Waals surface area contributed by atoms with E-state index < -0.39 is 12.2 Å². The summed E-state index contributed by atoms with van der Waals surface area (Å²) in [6.07, 6.45) is 2.29. The lowest BCUT2D eigenvalue weighted by Gasteiger charge is -2.17. The van der Waals surface area contributed by atoms with E-state index in [1.807, 2.05) is 6.20 Å². The number of aliphatic hydroxyl groups excluding tert-OH is 1. The number of aromatic nitrogens is 1. The number of benzene rings is 1. The van der Waals surface area contributed by atoms with E-state index in [9.17, 15) is 9.90 Å². The highest BCUT2D eigenvalue weighted by Gasteiger charge is 2.23. The second-order valence-electron chi connectivity index (χ2n) is 5.12. The molecule has 6 N–H and O–H groups in total. The molecule has 0 saturated heterocycles. The summed E-state index contributed by atoms with van der Waals surface area (Å²) in [4.78, 5) is 17.8. The molecule has 1 aromatic carbocycles. The highest BCUT2D eigenvalue weighted by molar-refractivity contribution is 5.94. The molecule has 114 valence electrons. The third kappa shape index (κ3) is 2.66. The van der Waals surface area contributed by atoms with Gasteiger partial charge in [0.15, 0.2) is 12.2 Å². The highest BCUT2D eigenvalue weighted by Crippen LogP contribution is 2.30. The van der Waals surface area contributed by atoms with Crippen molar-refractivity contribution in [2.24, 2.45) is 10.7 Å². The number of H-pyrrole nitrogens is 1. The fourth-order valence-electron chi connectivity index (χ4n) is 2.53. The van der Waals surface area contributed by atoms with E-state index in [0.29, 0.717) is 17.8 Å². The molecule has 0 radical (unpaired) electrons. The first-order chi connectivity index (χ1) is 10.5. The first-order valence-corrected chi connectivity index (χ1v) is 6.85.